The second-order valence-electron chi connectivity index (χ2n) is 8.09. The van der Waals surface area contributed by atoms with Crippen LogP contribution in [0.2, 0.25) is 0 Å². The number of fused-ring (bicyclic) bond motifs is 1. The molecule has 1 aromatic heterocycles. The van der Waals surface area contributed by atoms with Gasteiger partial charge in [-0.1, -0.05) is 18.6 Å². The number of ether oxygens (including phenoxy) is 1. The molecule has 1 aliphatic heterocycles. The van der Waals surface area contributed by atoms with Crippen LogP contribution in [-0.2, 0) is 17.6 Å². The number of piperazine rings is 1. The zero-order valence-corrected chi connectivity index (χ0v) is 19.0. The quantitative estimate of drug-likeness (QED) is 0.689. The summed E-state index contributed by atoms with van der Waals surface area (Å²) in [5, 5.41) is 13.4. The summed E-state index contributed by atoms with van der Waals surface area (Å²) >= 11 is 1.60. The number of nitrogens with one attached hydrogen (secondary N) is 1. The van der Waals surface area contributed by atoms with Gasteiger partial charge in [-0.15, -0.1) is 11.3 Å². The van der Waals surface area contributed by atoms with Gasteiger partial charge in [0.05, 0.1) is 24.4 Å². The normalized spacial score (nSPS) is 16.8. The largest absolute Gasteiger partial charge is 0.492 e. The molecule has 1 aromatic carbocycles. The molecule has 1 saturated heterocycles. The maximum Gasteiger partial charge on any atom is 0.239 e. The summed E-state index contributed by atoms with van der Waals surface area (Å²) in [5.41, 5.74) is 2.97. The Kier molecular flexibility index (Phi) is 7.10. The minimum absolute atomic E-state index is 0.0314. The molecule has 0 bridgehead atoms. The molecule has 1 amide bonds. The number of nitriles is 1. The van der Waals surface area contributed by atoms with Gasteiger partial charge in [0.1, 0.15) is 16.8 Å². The molecule has 0 radical (unpaired) electrons. The third-order valence-electron chi connectivity index (χ3n) is 6.03. The Bertz CT molecular complexity index is 957. The van der Waals surface area contributed by atoms with Gasteiger partial charge in [0.15, 0.2) is 0 Å². The number of hydrogen-bond donors (Lipinski definition) is 1. The van der Waals surface area contributed by atoms with E-state index >= 15 is 0 Å². The van der Waals surface area contributed by atoms with Crippen molar-refractivity contribution in [1.82, 2.24) is 4.90 Å². The Morgan fingerprint density at radius 1 is 1.16 bits per heavy atom. The van der Waals surface area contributed by atoms with Crippen LogP contribution in [0.3, 0.4) is 0 Å². The highest BCUT2D eigenvalue weighted by Crippen LogP contribution is 2.37. The number of rotatable bonds is 6. The Morgan fingerprint density at radius 3 is 2.71 bits per heavy atom. The van der Waals surface area contributed by atoms with Gasteiger partial charge >= 0.3 is 0 Å². The summed E-state index contributed by atoms with van der Waals surface area (Å²) in [7, 11) is 0. The molecule has 2 heterocycles. The minimum Gasteiger partial charge on any atom is -0.492 e. The van der Waals surface area contributed by atoms with Crippen LogP contribution >= 0.6 is 11.3 Å². The van der Waals surface area contributed by atoms with Gasteiger partial charge in [0.2, 0.25) is 5.91 Å². The van der Waals surface area contributed by atoms with E-state index < -0.39 is 0 Å². The van der Waals surface area contributed by atoms with Gasteiger partial charge < -0.3 is 15.0 Å². The van der Waals surface area contributed by atoms with Crippen molar-refractivity contribution >= 4 is 27.9 Å². The standard InChI is InChI=1S/C24H30N4O2S/c1-2-30-21-10-7-6-9-20(21)28-14-12-27(13-15-28)17-23(29)26-24-19(16-25)18-8-4-3-5-11-22(18)31-24/h6-7,9-10H,2-5,8,11-15,17H2,1H3,(H,26,29). The van der Waals surface area contributed by atoms with Crippen LogP contribution in [0.4, 0.5) is 10.7 Å². The van der Waals surface area contributed by atoms with Crippen LogP contribution in [0.25, 0.3) is 0 Å². The number of amides is 1. The van der Waals surface area contributed by atoms with E-state index in [-0.39, 0.29) is 5.91 Å². The molecule has 6 nitrogen and oxygen atoms in total. The fourth-order valence-electron chi connectivity index (χ4n) is 4.46. The molecule has 4 rings (SSSR count). The first-order chi connectivity index (χ1) is 15.2. The van der Waals surface area contributed by atoms with Gasteiger partial charge in [-0.2, -0.15) is 5.26 Å². The number of thiophene rings is 1. The molecular weight excluding hydrogens is 408 g/mol. The van der Waals surface area contributed by atoms with Crippen molar-refractivity contribution in [1.29, 1.82) is 5.26 Å². The van der Waals surface area contributed by atoms with Crippen LogP contribution in [0, 0.1) is 11.3 Å². The van der Waals surface area contributed by atoms with Gasteiger partial charge in [-0.3, -0.25) is 9.69 Å². The van der Waals surface area contributed by atoms with Crippen LogP contribution in [-0.4, -0.2) is 50.1 Å². The second kappa shape index (κ2) is 10.2. The summed E-state index contributed by atoms with van der Waals surface area (Å²) < 4.78 is 5.77. The minimum atomic E-state index is -0.0314. The molecule has 164 valence electrons. The number of nitrogens with zero attached hydrogens (tertiary/aromatic N) is 3. The predicted molar refractivity (Wildman–Crippen MR) is 125 cm³/mol. The molecule has 1 fully saturated rings. The predicted octanol–water partition coefficient (Wildman–Crippen LogP) is 4.05. The summed E-state index contributed by atoms with van der Waals surface area (Å²) in [6.07, 6.45) is 5.49. The fourth-order valence-corrected chi connectivity index (χ4v) is 5.72. The molecule has 0 unspecified atom stereocenters. The van der Waals surface area contributed by atoms with Gasteiger partial charge in [-0.25, -0.2) is 0 Å². The molecular formula is C24H30N4O2S. The third kappa shape index (κ3) is 5.03. The Balaban J connectivity index is 1.34. The molecule has 7 heteroatoms. The molecule has 0 atom stereocenters. The summed E-state index contributed by atoms with van der Waals surface area (Å²) in [6.45, 7) is 6.35. The first-order valence-corrected chi connectivity index (χ1v) is 12.0. The van der Waals surface area contributed by atoms with Crippen molar-refractivity contribution in [3.05, 3.63) is 40.3 Å². The second-order valence-corrected chi connectivity index (χ2v) is 9.20. The Hall–Kier alpha value is -2.56. The highest BCUT2D eigenvalue weighted by molar-refractivity contribution is 7.16. The molecule has 1 N–H and O–H groups in total. The lowest BCUT2D eigenvalue weighted by atomic mass is 10.1. The number of hydrogen-bond acceptors (Lipinski definition) is 6. The Labute approximate surface area is 188 Å². The molecule has 31 heavy (non-hydrogen) atoms. The SMILES string of the molecule is CCOc1ccccc1N1CCN(CC(=O)Nc2sc3c(c2C#N)CCCCC3)CC1. The highest BCUT2D eigenvalue weighted by atomic mass is 32.1. The highest BCUT2D eigenvalue weighted by Gasteiger charge is 2.24. The lowest BCUT2D eigenvalue weighted by molar-refractivity contribution is -0.117. The van der Waals surface area contributed by atoms with E-state index in [9.17, 15) is 10.1 Å². The molecule has 2 aliphatic rings. The summed E-state index contributed by atoms with van der Waals surface area (Å²) in [4.78, 5) is 18.5. The maximum absolute atomic E-state index is 12.7. The number of benzene rings is 1. The van der Waals surface area contributed by atoms with E-state index in [1.165, 1.54) is 23.3 Å². The van der Waals surface area contributed by atoms with Crippen LogP contribution in [0.5, 0.6) is 5.75 Å². The zero-order chi connectivity index (χ0) is 21.6. The van der Waals surface area contributed by atoms with E-state index in [1.54, 1.807) is 11.3 Å². The average Bonchev–Trinajstić information content (AvgIpc) is 2.93. The maximum atomic E-state index is 12.7. The van der Waals surface area contributed by atoms with E-state index in [4.69, 9.17) is 4.74 Å². The Morgan fingerprint density at radius 2 is 1.94 bits per heavy atom. The lowest BCUT2D eigenvalue weighted by Gasteiger charge is -2.36. The summed E-state index contributed by atoms with van der Waals surface area (Å²) in [6, 6.07) is 10.5. The first kappa shape index (κ1) is 21.7. The monoisotopic (exact) mass is 438 g/mol. The molecule has 0 spiro atoms. The lowest BCUT2D eigenvalue weighted by Crippen LogP contribution is -2.48. The molecule has 0 saturated carbocycles. The van der Waals surface area contributed by atoms with Crippen LogP contribution in [0.1, 0.15) is 42.2 Å². The smallest absolute Gasteiger partial charge is 0.239 e. The van der Waals surface area contributed by atoms with Crippen molar-refractivity contribution in [3.8, 4) is 11.8 Å². The van der Waals surface area contributed by atoms with Gasteiger partial charge in [-0.05, 0) is 50.3 Å². The van der Waals surface area contributed by atoms with E-state index in [0.717, 1.165) is 61.9 Å². The number of carbonyl (C=O) groups excluding carboxylic acids is 1. The summed E-state index contributed by atoms with van der Waals surface area (Å²) in [5.74, 6) is 0.883. The number of anilines is 2. The number of carbonyl (C=O) groups is 1. The van der Waals surface area contributed by atoms with Gasteiger partial charge in [0.25, 0.3) is 0 Å². The van der Waals surface area contributed by atoms with Crippen LogP contribution < -0.4 is 15.0 Å². The van der Waals surface area contributed by atoms with E-state index in [1.807, 2.05) is 25.1 Å². The third-order valence-corrected chi connectivity index (χ3v) is 7.24. The molecule has 1 aliphatic carbocycles. The van der Waals surface area contributed by atoms with Crippen molar-refractivity contribution in [3.63, 3.8) is 0 Å². The van der Waals surface area contributed by atoms with Crippen molar-refractivity contribution in [2.24, 2.45) is 0 Å². The number of para-hydroxylation sites is 2. The van der Waals surface area contributed by atoms with Crippen molar-refractivity contribution < 1.29 is 9.53 Å². The zero-order valence-electron chi connectivity index (χ0n) is 18.2. The topological polar surface area (TPSA) is 68.6 Å². The van der Waals surface area contributed by atoms with E-state index in [2.05, 4.69) is 27.3 Å². The van der Waals surface area contributed by atoms with E-state index in [0.29, 0.717) is 18.7 Å². The van der Waals surface area contributed by atoms with Crippen molar-refractivity contribution in [2.45, 2.75) is 39.0 Å². The molecule has 2 aromatic rings. The average molecular weight is 439 g/mol. The van der Waals surface area contributed by atoms with Crippen molar-refractivity contribution in [2.75, 3.05) is 49.5 Å². The van der Waals surface area contributed by atoms with Gasteiger partial charge in [0, 0.05) is 31.1 Å². The number of aryl methyl sites for hydroxylation is 1. The van der Waals surface area contributed by atoms with Crippen LogP contribution in [0.15, 0.2) is 24.3 Å². The first-order valence-electron chi connectivity index (χ1n) is 11.2. The fraction of sp³-hybridized carbons (Fsp3) is 0.500.